The third-order valence-electron chi connectivity index (χ3n) is 3.80. The fourth-order valence-electron chi connectivity index (χ4n) is 2.49. The highest BCUT2D eigenvalue weighted by Crippen LogP contribution is 2.31. The summed E-state index contributed by atoms with van der Waals surface area (Å²) in [6, 6.07) is 14.3. The van der Waals surface area contributed by atoms with Crippen molar-refractivity contribution < 1.29 is 4.74 Å². The van der Waals surface area contributed by atoms with Gasteiger partial charge in [0.15, 0.2) is 0 Å². The van der Waals surface area contributed by atoms with Gasteiger partial charge in [0.2, 0.25) is 0 Å². The van der Waals surface area contributed by atoms with Crippen molar-refractivity contribution in [1.82, 2.24) is 0 Å². The molecular formula is C20H20BrNO. The van der Waals surface area contributed by atoms with E-state index in [9.17, 15) is 5.26 Å². The SMILES string of the molecule is COc1cc(C)c(/C=C(\C#N)c2cccc(Br)c2)cc1C(C)C. The fraction of sp³-hybridized carbons (Fsp3) is 0.250. The van der Waals surface area contributed by atoms with Crippen LogP contribution in [0.5, 0.6) is 5.75 Å². The lowest BCUT2D eigenvalue weighted by atomic mass is 9.94. The monoisotopic (exact) mass is 369 g/mol. The normalized spacial score (nSPS) is 11.4. The van der Waals surface area contributed by atoms with Crippen molar-refractivity contribution in [1.29, 1.82) is 5.26 Å². The lowest BCUT2D eigenvalue weighted by Gasteiger charge is -2.15. The topological polar surface area (TPSA) is 33.0 Å². The van der Waals surface area contributed by atoms with Crippen molar-refractivity contribution in [3.8, 4) is 11.8 Å². The Morgan fingerprint density at radius 3 is 2.57 bits per heavy atom. The zero-order valence-corrected chi connectivity index (χ0v) is 15.4. The average molecular weight is 370 g/mol. The highest BCUT2D eigenvalue weighted by atomic mass is 79.9. The summed E-state index contributed by atoms with van der Waals surface area (Å²) >= 11 is 3.46. The van der Waals surface area contributed by atoms with Crippen molar-refractivity contribution in [3.63, 3.8) is 0 Å². The Bertz CT molecular complexity index is 785. The molecule has 0 aliphatic carbocycles. The first-order chi connectivity index (χ1) is 11.0. The zero-order valence-electron chi connectivity index (χ0n) is 13.9. The largest absolute Gasteiger partial charge is 0.496 e. The van der Waals surface area contributed by atoms with Crippen LogP contribution >= 0.6 is 15.9 Å². The molecule has 0 N–H and O–H groups in total. The fourth-order valence-corrected chi connectivity index (χ4v) is 2.89. The number of nitriles is 1. The summed E-state index contributed by atoms with van der Waals surface area (Å²) in [4.78, 5) is 0. The molecule has 0 atom stereocenters. The van der Waals surface area contributed by atoms with E-state index in [2.05, 4.69) is 41.9 Å². The Labute approximate surface area is 146 Å². The van der Waals surface area contributed by atoms with Crippen LogP contribution in [0.1, 0.15) is 42.0 Å². The molecule has 0 saturated carbocycles. The van der Waals surface area contributed by atoms with Gasteiger partial charge in [-0.15, -0.1) is 0 Å². The number of rotatable bonds is 4. The summed E-state index contributed by atoms with van der Waals surface area (Å²) in [7, 11) is 1.69. The molecule has 0 heterocycles. The van der Waals surface area contributed by atoms with Crippen LogP contribution in [-0.4, -0.2) is 7.11 Å². The maximum Gasteiger partial charge on any atom is 0.122 e. The highest BCUT2D eigenvalue weighted by Gasteiger charge is 2.11. The molecule has 0 spiro atoms. The molecule has 2 aromatic carbocycles. The first-order valence-corrected chi connectivity index (χ1v) is 8.31. The second kappa shape index (κ2) is 7.48. The van der Waals surface area contributed by atoms with Gasteiger partial charge in [-0.25, -0.2) is 0 Å². The number of nitrogens with zero attached hydrogens (tertiary/aromatic N) is 1. The van der Waals surface area contributed by atoms with Gasteiger partial charge < -0.3 is 4.74 Å². The number of aryl methyl sites for hydroxylation is 1. The standard InChI is InChI=1S/C20H20BrNO/c1-13(2)19-11-16(14(3)8-20(19)23-4)9-17(12-22)15-6-5-7-18(21)10-15/h5-11,13H,1-4H3/b17-9+. The van der Waals surface area contributed by atoms with Crippen LogP contribution in [0.25, 0.3) is 11.6 Å². The number of halogens is 1. The minimum atomic E-state index is 0.356. The lowest BCUT2D eigenvalue weighted by molar-refractivity contribution is 0.407. The van der Waals surface area contributed by atoms with Gasteiger partial charge in [0.05, 0.1) is 18.8 Å². The van der Waals surface area contributed by atoms with Gasteiger partial charge in [-0.2, -0.15) is 5.26 Å². The Kier molecular flexibility index (Phi) is 5.63. The Balaban J connectivity index is 2.56. The van der Waals surface area contributed by atoms with Crippen LogP contribution in [0, 0.1) is 18.3 Å². The lowest BCUT2D eigenvalue weighted by Crippen LogP contribution is -1.97. The number of hydrogen-bond donors (Lipinski definition) is 0. The van der Waals surface area contributed by atoms with E-state index < -0.39 is 0 Å². The Morgan fingerprint density at radius 1 is 1.26 bits per heavy atom. The highest BCUT2D eigenvalue weighted by molar-refractivity contribution is 9.10. The predicted molar refractivity (Wildman–Crippen MR) is 99.4 cm³/mol. The van der Waals surface area contributed by atoms with Crippen LogP contribution < -0.4 is 4.74 Å². The smallest absolute Gasteiger partial charge is 0.122 e. The molecule has 0 amide bonds. The minimum absolute atomic E-state index is 0.356. The first-order valence-electron chi connectivity index (χ1n) is 7.52. The number of methoxy groups -OCH3 is 1. The van der Waals surface area contributed by atoms with Crippen LogP contribution in [0.2, 0.25) is 0 Å². The van der Waals surface area contributed by atoms with Gasteiger partial charge >= 0.3 is 0 Å². The van der Waals surface area contributed by atoms with Crippen LogP contribution in [0.15, 0.2) is 40.9 Å². The van der Waals surface area contributed by atoms with E-state index in [1.165, 1.54) is 0 Å². The number of benzene rings is 2. The van der Waals surface area contributed by atoms with Crippen LogP contribution in [0.4, 0.5) is 0 Å². The van der Waals surface area contributed by atoms with Crippen molar-refractivity contribution >= 4 is 27.6 Å². The van der Waals surface area contributed by atoms with Gasteiger partial charge in [0.25, 0.3) is 0 Å². The molecule has 23 heavy (non-hydrogen) atoms. The van der Waals surface area contributed by atoms with E-state index in [4.69, 9.17) is 4.74 Å². The third-order valence-corrected chi connectivity index (χ3v) is 4.29. The first kappa shape index (κ1) is 17.3. The number of hydrogen-bond acceptors (Lipinski definition) is 2. The van der Waals surface area contributed by atoms with E-state index in [1.54, 1.807) is 7.11 Å². The zero-order chi connectivity index (χ0) is 17.0. The maximum atomic E-state index is 9.54. The van der Waals surface area contributed by atoms with Gasteiger partial charge in [-0.05, 0) is 65.4 Å². The summed E-state index contributed by atoms with van der Waals surface area (Å²) in [5, 5.41) is 9.54. The summed E-state index contributed by atoms with van der Waals surface area (Å²) in [6.45, 7) is 6.31. The van der Waals surface area contributed by atoms with E-state index in [0.717, 1.165) is 32.5 Å². The van der Waals surface area contributed by atoms with Crippen molar-refractivity contribution in [2.45, 2.75) is 26.7 Å². The van der Waals surface area contributed by atoms with E-state index in [-0.39, 0.29) is 0 Å². The molecule has 0 bridgehead atoms. The van der Waals surface area contributed by atoms with Crippen molar-refractivity contribution in [3.05, 3.63) is 63.1 Å². The van der Waals surface area contributed by atoms with E-state index >= 15 is 0 Å². The molecule has 0 radical (unpaired) electrons. The van der Waals surface area contributed by atoms with Gasteiger partial charge in [-0.1, -0.05) is 41.9 Å². The molecule has 0 aliphatic heterocycles. The second-order valence-electron chi connectivity index (χ2n) is 5.79. The molecule has 3 heteroatoms. The molecule has 0 aliphatic rings. The van der Waals surface area contributed by atoms with Crippen LogP contribution in [-0.2, 0) is 0 Å². The minimum Gasteiger partial charge on any atom is -0.496 e. The van der Waals surface area contributed by atoms with Gasteiger partial charge in [0.1, 0.15) is 5.75 Å². The predicted octanol–water partition coefficient (Wildman–Crippen LogP) is 5.95. The molecule has 0 fully saturated rings. The maximum absolute atomic E-state index is 9.54. The third kappa shape index (κ3) is 4.03. The molecule has 2 aromatic rings. The number of allylic oxidation sites excluding steroid dienone is 1. The molecular weight excluding hydrogens is 350 g/mol. The molecule has 2 rings (SSSR count). The average Bonchev–Trinajstić information content (AvgIpc) is 2.53. The quantitative estimate of drug-likeness (QED) is 0.492. The second-order valence-corrected chi connectivity index (χ2v) is 6.70. The summed E-state index contributed by atoms with van der Waals surface area (Å²) in [5.74, 6) is 1.25. The summed E-state index contributed by atoms with van der Waals surface area (Å²) in [5.41, 5.74) is 4.84. The summed E-state index contributed by atoms with van der Waals surface area (Å²) < 4.78 is 6.45. The van der Waals surface area contributed by atoms with Crippen LogP contribution in [0.3, 0.4) is 0 Å². The van der Waals surface area contributed by atoms with Gasteiger partial charge in [-0.3, -0.25) is 0 Å². The molecule has 118 valence electrons. The van der Waals surface area contributed by atoms with Crippen molar-refractivity contribution in [2.24, 2.45) is 0 Å². The van der Waals surface area contributed by atoms with Gasteiger partial charge in [0, 0.05) is 4.47 Å². The molecule has 0 aromatic heterocycles. The van der Waals surface area contributed by atoms with Crippen molar-refractivity contribution in [2.75, 3.05) is 7.11 Å². The molecule has 2 nitrogen and oxygen atoms in total. The van der Waals surface area contributed by atoms with E-state index in [1.807, 2.05) is 43.3 Å². The van der Waals surface area contributed by atoms with E-state index in [0.29, 0.717) is 11.5 Å². The Hall–Kier alpha value is -2.05. The Morgan fingerprint density at radius 2 is 2.00 bits per heavy atom. The summed E-state index contributed by atoms with van der Waals surface area (Å²) in [6.07, 6.45) is 1.95. The molecule has 0 unspecified atom stereocenters. The number of ether oxygens (including phenoxy) is 1. The molecule has 0 saturated heterocycles.